The molecule has 0 radical (unpaired) electrons. The number of hydrogen-bond donors (Lipinski definition) is 2. The van der Waals surface area contributed by atoms with Crippen LogP contribution in [0.25, 0.3) is 0 Å². The highest BCUT2D eigenvalue weighted by molar-refractivity contribution is 5.74. The van der Waals surface area contributed by atoms with Crippen molar-refractivity contribution in [1.29, 1.82) is 0 Å². The van der Waals surface area contributed by atoms with Crippen molar-refractivity contribution in [2.75, 3.05) is 46.5 Å². The van der Waals surface area contributed by atoms with Gasteiger partial charge in [-0.1, -0.05) is 76.3 Å². The number of rotatable bonds is 14. The number of benzene rings is 1. The minimum absolute atomic E-state index is 0.00407. The van der Waals surface area contributed by atoms with E-state index in [0.29, 0.717) is 25.0 Å². The van der Waals surface area contributed by atoms with Gasteiger partial charge >= 0.3 is 6.03 Å². The number of hydrogen-bond acceptors (Lipinski definition) is 4. The van der Waals surface area contributed by atoms with Gasteiger partial charge in [0.1, 0.15) is 0 Å². The summed E-state index contributed by atoms with van der Waals surface area (Å²) < 4.78 is 11.6. The summed E-state index contributed by atoms with van der Waals surface area (Å²) in [5.74, 6) is 1.64. The van der Waals surface area contributed by atoms with E-state index in [1.807, 2.05) is 11.0 Å². The monoisotopic (exact) mass is 501 g/mol. The second-order valence-corrected chi connectivity index (χ2v) is 11.3. The molecule has 0 aromatic heterocycles. The molecule has 2 N–H and O–H groups in total. The molecule has 1 aromatic rings. The standard InChI is InChI=1S/C30H51N3O3/c1-24(2)21-31-22-28(20-25-12-6-4-7-13-25)32-30(34)33-17-10-16-27(23-33)29(36-19-11-18-35-3)26-14-8-5-9-15-26/h5,8-9,14-15,24-25,27-29,31H,4,6-7,10-13,16-23H2,1-3H3,(H,32,34)/t27-,28+,29?/m1/s1. The van der Waals surface area contributed by atoms with Gasteiger partial charge in [-0.15, -0.1) is 0 Å². The molecule has 1 aliphatic heterocycles. The number of nitrogens with zero attached hydrogens (tertiary/aromatic N) is 1. The molecule has 1 heterocycles. The number of carbonyl (C=O) groups is 1. The molecule has 1 unspecified atom stereocenters. The summed E-state index contributed by atoms with van der Waals surface area (Å²) >= 11 is 0. The fraction of sp³-hybridized carbons (Fsp3) is 0.767. The van der Waals surface area contributed by atoms with Crippen LogP contribution in [-0.4, -0.2) is 63.5 Å². The molecule has 1 saturated heterocycles. The fourth-order valence-corrected chi connectivity index (χ4v) is 5.83. The Labute approximate surface area is 219 Å². The van der Waals surface area contributed by atoms with E-state index in [4.69, 9.17) is 9.47 Å². The van der Waals surface area contributed by atoms with Crippen LogP contribution in [0.5, 0.6) is 0 Å². The zero-order chi connectivity index (χ0) is 25.6. The molecular formula is C30H51N3O3. The number of ether oxygens (including phenoxy) is 2. The molecule has 6 heteroatoms. The third kappa shape index (κ3) is 10.0. The number of amides is 2. The highest BCUT2D eigenvalue weighted by Crippen LogP contribution is 2.33. The third-order valence-electron chi connectivity index (χ3n) is 7.71. The van der Waals surface area contributed by atoms with E-state index >= 15 is 0 Å². The van der Waals surface area contributed by atoms with Crippen LogP contribution in [-0.2, 0) is 9.47 Å². The summed E-state index contributed by atoms with van der Waals surface area (Å²) in [6.45, 7) is 9.24. The maximum atomic E-state index is 13.5. The first-order chi connectivity index (χ1) is 17.6. The smallest absolute Gasteiger partial charge is 0.317 e. The highest BCUT2D eigenvalue weighted by Gasteiger charge is 2.32. The lowest BCUT2D eigenvalue weighted by atomic mass is 9.84. The zero-order valence-corrected chi connectivity index (χ0v) is 23.1. The van der Waals surface area contributed by atoms with Gasteiger partial charge in [-0.25, -0.2) is 4.79 Å². The van der Waals surface area contributed by atoms with Gasteiger partial charge in [0.2, 0.25) is 0 Å². The SMILES string of the molecule is COCCCOC(c1ccccc1)[C@@H]1CCCN(C(=O)N[C@H](CNCC(C)C)CC2CCCCC2)C1. The van der Waals surface area contributed by atoms with E-state index in [1.54, 1.807) is 7.11 Å². The summed E-state index contributed by atoms with van der Waals surface area (Å²) in [6.07, 6.45) is 10.7. The number of likely N-dealkylation sites (tertiary alicyclic amines) is 1. The van der Waals surface area contributed by atoms with Crippen LogP contribution >= 0.6 is 0 Å². The van der Waals surface area contributed by atoms with Crippen LogP contribution in [0.2, 0.25) is 0 Å². The minimum Gasteiger partial charge on any atom is -0.385 e. The van der Waals surface area contributed by atoms with Crippen molar-refractivity contribution < 1.29 is 14.3 Å². The number of carbonyl (C=O) groups excluding carboxylic acids is 1. The average Bonchev–Trinajstić information content (AvgIpc) is 2.89. The molecule has 2 fully saturated rings. The normalized spacial score (nSPS) is 20.9. The van der Waals surface area contributed by atoms with E-state index in [9.17, 15) is 4.79 Å². The lowest BCUT2D eigenvalue weighted by Gasteiger charge is -2.38. The first-order valence-electron chi connectivity index (χ1n) is 14.5. The number of urea groups is 1. The Kier molecular flexibility index (Phi) is 13.1. The van der Waals surface area contributed by atoms with Gasteiger partial charge in [-0.05, 0) is 49.6 Å². The van der Waals surface area contributed by atoms with E-state index in [2.05, 4.69) is 48.7 Å². The average molecular weight is 502 g/mol. The number of methoxy groups -OCH3 is 1. The van der Waals surface area contributed by atoms with Gasteiger partial charge in [-0.3, -0.25) is 0 Å². The second kappa shape index (κ2) is 16.3. The topological polar surface area (TPSA) is 62.8 Å². The van der Waals surface area contributed by atoms with Crippen molar-refractivity contribution in [2.24, 2.45) is 17.8 Å². The number of piperidine rings is 1. The van der Waals surface area contributed by atoms with Gasteiger partial charge in [0, 0.05) is 51.9 Å². The summed E-state index contributed by atoms with van der Waals surface area (Å²) in [5.41, 5.74) is 1.20. The van der Waals surface area contributed by atoms with Crippen LogP contribution in [0.1, 0.15) is 83.3 Å². The highest BCUT2D eigenvalue weighted by atomic mass is 16.5. The number of nitrogens with one attached hydrogen (secondary N) is 2. The summed E-state index contributed by atoms with van der Waals surface area (Å²) in [7, 11) is 1.73. The Bertz CT molecular complexity index is 723. The van der Waals surface area contributed by atoms with Crippen molar-refractivity contribution in [2.45, 2.75) is 83.8 Å². The van der Waals surface area contributed by atoms with Gasteiger partial charge in [0.15, 0.2) is 0 Å². The molecule has 1 saturated carbocycles. The summed E-state index contributed by atoms with van der Waals surface area (Å²) in [4.78, 5) is 15.5. The molecule has 3 rings (SSSR count). The predicted molar refractivity (Wildman–Crippen MR) is 147 cm³/mol. The Morgan fingerprint density at radius 3 is 2.53 bits per heavy atom. The van der Waals surface area contributed by atoms with E-state index in [-0.39, 0.29) is 18.2 Å². The Morgan fingerprint density at radius 2 is 1.81 bits per heavy atom. The first-order valence-corrected chi connectivity index (χ1v) is 14.5. The lowest BCUT2D eigenvalue weighted by Crippen LogP contribution is -2.52. The molecule has 2 aliphatic rings. The first kappa shape index (κ1) is 28.9. The molecule has 1 aromatic carbocycles. The molecule has 1 aliphatic carbocycles. The molecule has 0 bridgehead atoms. The minimum atomic E-state index is 0.00407. The van der Waals surface area contributed by atoms with Crippen LogP contribution < -0.4 is 10.6 Å². The zero-order valence-electron chi connectivity index (χ0n) is 23.1. The van der Waals surface area contributed by atoms with Crippen LogP contribution in [0.3, 0.4) is 0 Å². The largest absolute Gasteiger partial charge is 0.385 e. The molecule has 0 spiro atoms. The van der Waals surface area contributed by atoms with Gasteiger partial charge in [-0.2, -0.15) is 0 Å². The van der Waals surface area contributed by atoms with Crippen molar-refractivity contribution in [3.8, 4) is 0 Å². The predicted octanol–water partition coefficient (Wildman–Crippen LogP) is 5.79. The molecule has 204 valence electrons. The van der Waals surface area contributed by atoms with Crippen molar-refractivity contribution in [3.63, 3.8) is 0 Å². The van der Waals surface area contributed by atoms with Crippen LogP contribution in [0, 0.1) is 17.8 Å². The van der Waals surface area contributed by atoms with E-state index in [0.717, 1.165) is 57.8 Å². The van der Waals surface area contributed by atoms with Gasteiger partial charge in [0.05, 0.1) is 6.10 Å². The van der Waals surface area contributed by atoms with E-state index < -0.39 is 0 Å². The fourth-order valence-electron chi connectivity index (χ4n) is 5.83. The molecule has 36 heavy (non-hydrogen) atoms. The molecular weight excluding hydrogens is 450 g/mol. The Balaban J connectivity index is 1.60. The van der Waals surface area contributed by atoms with Gasteiger partial charge < -0.3 is 25.0 Å². The molecule has 3 atom stereocenters. The second-order valence-electron chi connectivity index (χ2n) is 11.3. The lowest BCUT2D eigenvalue weighted by molar-refractivity contribution is -0.0168. The maximum absolute atomic E-state index is 13.5. The summed E-state index contributed by atoms with van der Waals surface area (Å²) in [6, 6.07) is 10.8. The Hall–Kier alpha value is -1.63. The molecule has 6 nitrogen and oxygen atoms in total. The van der Waals surface area contributed by atoms with Crippen molar-refractivity contribution in [1.82, 2.24) is 15.5 Å². The quantitative estimate of drug-likeness (QED) is 0.317. The van der Waals surface area contributed by atoms with E-state index in [1.165, 1.54) is 37.7 Å². The third-order valence-corrected chi connectivity index (χ3v) is 7.71. The maximum Gasteiger partial charge on any atom is 0.317 e. The molecule has 2 amide bonds. The van der Waals surface area contributed by atoms with Gasteiger partial charge in [0.25, 0.3) is 0 Å². The van der Waals surface area contributed by atoms with Crippen molar-refractivity contribution >= 4 is 6.03 Å². The van der Waals surface area contributed by atoms with Crippen LogP contribution in [0.4, 0.5) is 4.79 Å². The van der Waals surface area contributed by atoms with Crippen LogP contribution in [0.15, 0.2) is 30.3 Å². The summed E-state index contributed by atoms with van der Waals surface area (Å²) in [5, 5.41) is 7.04. The van der Waals surface area contributed by atoms with Crippen molar-refractivity contribution in [3.05, 3.63) is 35.9 Å². The Morgan fingerprint density at radius 1 is 1.03 bits per heavy atom.